The molecule has 2 aliphatic rings. The number of amides is 1. The smallest absolute Gasteiger partial charge is 0.313 e. The van der Waals surface area contributed by atoms with Gasteiger partial charge in [-0.05, 0) is 47.5 Å². The van der Waals surface area contributed by atoms with E-state index in [0.29, 0.717) is 52.1 Å². The third-order valence-electron chi connectivity index (χ3n) is 5.60. The average molecular weight is 436 g/mol. The third kappa shape index (κ3) is 3.29. The minimum Gasteiger partial charge on any atom is -0.486 e. The van der Waals surface area contributed by atoms with E-state index in [-0.39, 0.29) is 5.91 Å². The van der Waals surface area contributed by atoms with Crippen LogP contribution in [0.2, 0.25) is 5.02 Å². The van der Waals surface area contributed by atoms with Gasteiger partial charge in [-0.15, -0.1) is 0 Å². The lowest BCUT2D eigenvalue weighted by atomic mass is 9.79. The van der Waals surface area contributed by atoms with Crippen LogP contribution in [0.15, 0.2) is 66.7 Å². The van der Waals surface area contributed by atoms with E-state index in [1.807, 2.05) is 0 Å². The number of ether oxygens (including phenoxy) is 2. The summed E-state index contributed by atoms with van der Waals surface area (Å²) in [6, 6.07) is 18.2. The van der Waals surface area contributed by atoms with E-state index >= 15 is 0 Å². The number of aliphatic carboxylic acids is 1. The number of carbonyl (C=O) groups excluding carboxylic acids is 1. The molecular formula is C24H18ClNO5. The maximum absolute atomic E-state index is 13.6. The van der Waals surface area contributed by atoms with Crippen LogP contribution in [-0.2, 0) is 4.79 Å². The summed E-state index contributed by atoms with van der Waals surface area (Å²) in [6.45, 7) is 0.858. The fourth-order valence-corrected chi connectivity index (χ4v) is 4.48. The molecular weight excluding hydrogens is 418 g/mol. The van der Waals surface area contributed by atoms with Gasteiger partial charge in [-0.3, -0.25) is 14.5 Å². The summed E-state index contributed by atoms with van der Waals surface area (Å²) in [6.07, 6.45) is 0. The van der Waals surface area contributed by atoms with Gasteiger partial charge >= 0.3 is 5.97 Å². The Morgan fingerprint density at radius 3 is 2.52 bits per heavy atom. The number of carboxylic acid groups (broad SMARTS) is 1. The van der Waals surface area contributed by atoms with Gasteiger partial charge in [0.1, 0.15) is 19.1 Å². The lowest BCUT2D eigenvalue weighted by molar-refractivity contribution is -0.139. The molecule has 1 N–H and O–H groups in total. The highest BCUT2D eigenvalue weighted by Crippen LogP contribution is 2.47. The normalized spacial score (nSPS) is 19.6. The summed E-state index contributed by atoms with van der Waals surface area (Å²) in [5.41, 5.74) is 2.01. The standard InChI is InChI=1S/C24H18ClNO5/c25-15-4-3-5-16(13-15)26-22(14-8-9-19-20(12-14)31-11-10-30-19)21(24(28)29)17-6-1-2-7-18(17)23(26)27/h1-9,12-13,21-22H,10-11H2,(H,28,29)/t21-,22+/m1/s1. The monoisotopic (exact) mass is 435 g/mol. The molecule has 5 rings (SSSR count). The van der Waals surface area contributed by atoms with Gasteiger partial charge in [0.2, 0.25) is 0 Å². The Balaban J connectivity index is 1.74. The molecule has 2 atom stereocenters. The van der Waals surface area contributed by atoms with Crippen LogP contribution in [0.4, 0.5) is 5.69 Å². The molecule has 6 nitrogen and oxygen atoms in total. The Labute approximate surface area is 183 Å². The molecule has 1 amide bonds. The van der Waals surface area contributed by atoms with Crippen LogP contribution in [0.3, 0.4) is 0 Å². The van der Waals surface area contributed by atoms with Crippen molar-refractivity contribution in [3.63, 3.8) is 0 Å². The Bertz CT molecular complexity index is 1190. The molecule has 3 aromatic carbocycles. The van der Waals surface area contributed by atoms with Crippen LogP contribution in [0, 0.1) is 0 Å². The molecule has 0 spiro atoms. The van der Waals surface area contributed by atoms with Crippen molar-refractivity contribution in [2.75, 3.05) is 18.1 Å². The Kier molecular flexibility index (Phi) is 4.79. The Morgan fingerprint density at radius 2 is 1.74 bits per heavy atom. The number of fused-ring (bicyclic) bond motifs is 2. The number of carbonyl (C=O) groups is 2. The minimum absolute atomic E-state index is 0.282. The SMILES string of the molecule is O=C(O)[C@@H]1c2ccccc2C(=O)N(c2cccc(Cl)c2)[C@H]1c1ccc2c(c1)OCCO2. The number of benzene rings is 3. The number of carboxylic acids is 1. The van der Waals surface area contributed by atoms with Crippen LogP contribution < -0.4 is 14.4 Å². The van der Waals surface area contributed by atoms with Crippen LogP contribution >= 0.6 is 11.6 Å². The first-order valence-electron chi connectivity index (χ1n) is 9.85. The second-order valence-electron chi connectivity index (χ2n) is 7.41. The topological polar surface area (TPSA) is 76.1 Å². The third-order valence-corrected chi connectivity index (χ3v) is 5.83. The molecule has 0 saturated carbocycles. The van der Waals surface area contributed by atoms with Gasteiger partial charge in [0.15, 0.2) is 11.5 Å². The van der Waals surface area contributed by atoms with E-state index in [9.17, 15) is 14.7 Å². The van der Waals surface area contributed by atoms with E-state index in [2.05, 4.69) is 0 Å². The maximum Gasteiger partial charge on any atom is 0.313 e. The molecule has 7 heteroatoms. The van der Waals surface area contributed by atoms with Gasteiger partial charge in [-0.25, -0.2) is 0 Å². The fraction of sp³-hybridized carbons (Fsp3) is 0.167. The number of hydrogen-bond donors (Lipinski definition) is 1. The molecule has 3 aromatic rings. The number of nitrogens with zero attached hydrogens (tertiary/aromatic N) is 1. The molecule has 0 bridgehead atoms. The second-order valence-corrected chi connectivity index (χ2v) is 7.84. The average Bonchev–Trinajstić information content (AvgIpc) is 2.78. The summed E-state index contributed by atoms with van der Waals surface area (Å²) in [5, 5.41) is 10.7. The fourth-order valence-electron chi connectivity index (χ4n) is 4.30. The van der Waals surface area contributed by atoms with Crippen LogP contribution in [-0.4, -0.2) is 30.2 Å². The van der Waals surface area contributed by atoms with Gasteiger partial charge in [-0.1, -0.05) is 41.9 Å². The zero-order valence-electron chi connectivity index (χ0n) is 16.3. The largest absolute Gasteiger partial charge is 0.486 e. The molecule has 0 saturated heterocycles. The van der Waals surface area contributed by atoms with Crippen LogP contribution in [0.25, 0.3) is 0 Å². The highest BCUT2D eigenvalue weighted by molar-refractivity contribution is 6.31. The summed E-state index contributed by atoms with van der Waals surface area (Å²) in [7, 11) is 0. The quantitative estimate of drug-likeness (QED) is 0.646. The Hall–Kier alpha value is -3.51. The molecule has 0 fully saturated rings. The van der Waals surface area contributed by atoms with E-state index in [1.165, 1.54) is 4.90 Å². The van der Waals surface area contributed by atoms with Gasteiger partial charge in [0, 0.05) is 16.3 Å². The number of hydrogen-bond acceptors (Lipinski definition) is 4. The molecule has 2 aliphatic heterocycles. The Morgan fingerprint density at radius 1 is 0.968 bits per heavy atom. The van der Waals surface area contributed by atoms with Crippen molar-refractivity contribution in [1.82, 2.24) is 0 Å². The van der Waals surface area contributed by atoms with Gasteiger partial charge < -0.3 is 14.6 Å². The van der Waals surface area contributed by atoms with Crippen molar-refractivity contribution in [3.05, 3.63) is 88.4 Å². The summed E-state index contributed by atoms with van der Waals surface area (Å²) in [4.78, 5) is 27.6. The van der Waals surface area contributed by atoms with Gasteiger partial charge in [-0.2, -0.15) is 0 Å². The predicted octanol–water partition coefficient (Wildman–Crippen LogP) is 4.68. The number of anilines is 1. The first-order valence-corrected chi connectivity index (χ1v) is 10.2. The second kappa shape index (κ2) is 7.63. The lowest BCUT2D eigenvalue weighted by Crippen LogP contribution is -2.45. The minimum atomic E-state index is -1.02. The van der Waals surface area contributed by atoms with Crippen LogP contribution in [0.1, 0.15) is 33.4 Å². The summed E-state index contributed by atoms with van der Waals surface area (Å²) in [5.74, 6) is -1.15. The number of rotatable bonds is 3. The van der Waals surface area contributed by atoms with Crippen LogP contribution in [0.5, 0.6) is 11.5 Å². The van der Waals surface area contributed by atoms with E-state index in [1.54, 1.807) is 66.7 Å². The molecule has 31 heavy (non-hydrogen) atoms. The van der Waals surface area contributed by atoms with Gasteiger partial charge in [0.05, 0.1) is 6.04 Å². The molecule has 0 aromatic heterocycles. The first-order chi connectivity index (χ1) is 15.0. The molecule has 0 radical (unpaired) electrons. The van der Waals surface area contributed by atoms with Crippen molar-refractivity contribution in [2.45, 2.75) is 12.0 Å². The highest BCUT2D eigenvalue weighted by atomic mass is 35.5. The predicted molar refractivity (Wildman–Crippen MR) is 115 cm³/mol. The summed E-state index contributed by atoms with van der Waals surface area (Å²) < 4.78 is 11.3. The number of halogens is 1. The van der Waals surface area contributed by atoms with Crippen molar-refractivity contribution < 1.29 is 24.2 Å². The molecule has 156 valence electrons. The van der Waals surface area contributed by atoms with Crippen molar-refractivity contribution in [1.29, 1.82) is 0 Å². The first kappa shape index (κ1) is 19.5. The zero-order valence-corrected chi connectivity index (χ0v) is 17.1. The van der Waals surface area contributed by atoms with Gasteiger partial charge in [0.25, 0.3) is 5.91 Å². The molecule has 0 aliphatic carbocycles. The van der Waals surface area contributed by atoms with E-state index in [0.717, 1.165) is 0 Å². The van der Waals surface area contributed by atoms with E-state index in [4.69, 9.17) is 21.1 Å². The van der Waals surface area contributed by atoms with Crippen molar-refractivity contribution in [3.8, 4) is 11.5 Å². The summed E-state index contributed by atoms with van der Waals surface area (Å²) >= 11 is 6.21. The van der Waals surface area contributed by atoms with E-state index < -0.39 is 17.9 Å². The molecule has 2 heterocycles. The zero-order chi connectivity index (χ0) is 21.5. The maximum atomic E-state index is 13.6. The van der Waals surface area contributed by atoms with Crippen molar-refractivity contribution >= 4 is 29.2 Å². The van der Waals surface area contributed by atoms with Crippen molar-refractivity contribution in [2.24, 2.45) is 0 Å². The molecule has 0 unspecified atom stereocenters. The highest BCUT2D eigenvalue weighted by Gasteiger charge is 2.45. The lowest BCUT2D eigenvalue weighted by Gasteiger charge is -2.41.